The highest BCUT2D eigenvalue weighted by molar-refractivity contribution is 5.54. The predicted molar refractivity (Wildman–Crippen MR) is 76.0 cm³/mol. The van der Waals surface area contributed by atoms with Gasteiger partial charge in [0.05, 0.1) is 6.61 Å². The largest absolute Gasteiger partial charge is 0.384 e. The van der Waals surface area contributed by atoms with Gasteiger partial charge in [0.25, 0.3) is 0 Å². The van der Waals surface area contributed by atoms with Crippen LogP contribution in [0.5, 0.6) is 0 Å². The smallest absolute Gasteiger partial charge is 0.123 e. The van der Waals surface area contributed by atoms with Crippen molar-refractivity contribution in [3.63, 3.8) is 0 Å². The number of halogens is 1. The van der Waals surface area contributed by atoms with Gasteiger partial charge in [0, 0.05) is 25.9 Å². The molecule has 0 aromatic heterocycles. The zero-order valence-corrected chi connectivity index (χ0v) is 11.6. The van der Waals surface area contributed by atoms with Gasteiger partial charge >= 0.3 is 0 Å². The van der Waals surface area contributed by atoms with Gasteiger partial charge in [-0.25, -0.2) is 4.39 Å². The minimum atomic E-state index is -0.183. The summed E-state index contributed by atoms with van der Waals surface area (Å²) in [6, 6.07) is 5.03. The first-order valence-corrected chi connectivity index (χ1v) is 6.97. The van der Waals surface area contributed by atoms with Crippen molar-refractivity contribution < 1.29 is 9.13 Å². The third-order valence-electron chi connectivity index (χ3n) is 3.72. The molecule has 19 heavy (non-hydrogen) atoms. The summed E-state index contributed by atoms with van der Waals surface area (Å²) in [5.41, 5.74) is 7.77. The van der Waals surface area contributed by atoms with Crippen LogP contribution in [0.3, 0.4) is 0 Å². The number of piperidine rings is 1. The summed E-state index contributed by atoms with van der Waals surface area (Å²) < 4.78 is 18.6. The molecule has 0 radical (unpaired) electrons. The topological polar surface area (TPSA) is 38.5 Å². The van der Waals surface area contributed by atoms with E-state index >= 15 is 0 Å². The van der Waals surface area contributed by atoms with Crippen LogP contribution in [-0.4, -0.2) is 33.4 Å². The summed E-state index contributed by atoms with van der Waals surface area (Å²) in [6.07, 6.45) is 3.09. The Bertz CT molecular complexity index is 409. The van der Waals surface area contributed by atoms with E-state index in [0.717, 1.165) is 43.8 Å². The van der Waals surface area contributed by atoms with Gasteiger partial charge in [0.2, 0.25) is 0 Å². The van der Waals surface area contributed by atoms with Crippen molar-refractivity contribution in [2.45, 2.75) is 19.3 Å². The standard InChI is InChI=1S/C15H23FN2O/c1-19-11-12-3-2-8-18(10-12)15-5-4-14(16)9-13(15)6-7-17/h4-5,9,12H,2-3,6-8,10-11,17H2,1H3. The van der Waals surface area contributed by atoms with Gasteiger partial charge in [-0.2, -0.15) is 0 Å². The van der Waals surface area contributed by atoms with Gasteiger partial charge in [0.1, 0.15) is 5.82 Å². The van der Waals surface area contributed by atoms with Crippen LogP contribution in [0, 0.1) is 11.7 Å². The van der Waals surface area contributed by atoms with Crippen molar-refractivity contribution in [3.8, 4) is 0 Å². The molecule has 1 aromatic rings. The number of anilines is 1. The molecule has 0 amide bonds. The van der Waals surface area contributed by atoms with Gasteiger partial charge in [-0.1, -0.05) is 0 Å². The highest BCUT2D eigenvalue weighted by atomic mass is 19.1. The van der Waals surface area contributed by atoms with Crippen LogP contribution in [0.2, 0.25) is 0 Å². The zero-order chi connectivity index (χ0) is 13.7. The highest BCUT2D eigenvalue weighted by Crippen LogP contribution is 2.27. The lowest BCUT2D eigenvalue weighted by Crippen LogP contribution is -2.37. The molecule has 0 aliphatic carbocycles. The number of hydrogen-bond acceptors (Lipinski definition) is 3. The van der Waals surface area contributed by atoms with Gasteiger partial charge in [-0.3, -0.25) is 0 Å². The zero-order valence-electron chi connectivity index (χ0n) is 11.6. The van der Waals surface area contributed by atoms with E-state index in [9.17, 15) is 4.39 Å². The van der Waals surface area contributed by atoms with Crippen molar-refractivity contribution in [3.05, 3.63) is 29.6 Å². The van der Waals surface area contributed by atoms with E-state index < -0.39 is 0 Å². The molecule has 1 fully saturated rings. The lowest BCUT2D eigenvalue weighted by molar-refractivity contribution is 0.143. The van der Waals surface area contributed by atoms with Crippen LogP contribution in [0.15, 0.2) is 18.2 Å². The molecular formula is C15H23FN2O. The number of nitrogens with two attached hydrogens (primary N) is 1. The first kappa shape index (κ1) is 14.3. The van der Waals surface area contributed by atoms with Crippen LogP contribution < -0.4 is 10.6 Å². The maximum absolute atomic E-state index is 13.4. The molecule has 3 nitrogen and oxygen atoms in total. The lowest BCUT2D eigenvalue weighted by atomic mass is 9.97. The fourth-order valence-corrected chi connectivity index (χ4v) is 2.87. The molecule has 0 spiro atoms. The fraction of sp³-hybridized carbons (Fsp3) is 0.600. The number of ether oxygens (including phenoxy) is 1. The second-order valence-electron chi connectivity index (χ2n) is 5.22. The second kappa shape index (κ2) is 6.87. The molecule has 2 rings (SSSR count). The van der Waals surface area contributed by atoms with Gasteiger partial charge < -0.3 is 15.4 Å². The SMILES string of the molecule is COCC1CCCN(c2ccc(F)cc2CCN)C1. The number of hydrogen-bond donors (Lipinski definition) is 1. The van der Waals surface area contributed by atoms with Gasteiger partial charge in [-0.15, -0.1) is 0 Å². The molecule has 1 atom stereocenters. The predicted octanol–water partition coefficient (Wildman–Crippen LogP) is 2.19. The molecular weight excluding hydrogens is 243 g/mol. The summed E-state index contributed by atoms with van der Waals surface area (Å²) >= 11 is 0. The Hall–Kier alpha value is -1.13. The Kier molecular flexibility index (Phi) is 5.16. The third kappa shape index (κ3) is 3.67. The highest BCUT2D eigenvalue weighted by Gasteiger charge is 2.21. The summed E-state index contributed by atoms with van der Waals surface area (Å²) in [4.78, 5) is 2.34. The van der Waals surface area contributed by atoms with Gasteiger partial charge in [-0.05, 0) is 55.5 Å². The third-order valence-corrected chi connectivity index (χ3v) is 3.72. The molecule has 1 saturated heterocycles. The maximum atomic E-state index is 13.4. The monoisotopic (exact) mass is 266 g/mol. The minimum absolute atomic E-state index is 0.183. The molecule has 1 aliphatic rings. The van der Waals surface area contributed by atoms with E-state index in [1.165, 1.54) is 12.5 Å². The summed E-state index contributed by atoms with van der Waals surface area (Å²) in [5, 5.41) is 0. The van der Waals surface area contributed by atoms with Crippen LogP contribution in [0.1, 0.15) is 18.4 Å². The fourth-order valence-electron chi connectivity index (χ4n) is 2.87. The second-order valence-corrected chi connectivity index (χ2v) is 5.22. The average Bonchev–Trinajstić information content (AvgIpc) is 2.40. The van der Waals surface area contributed by atoms with Crippen LogP contribution in [0.4, 0.5) is 10.1 Å². The molecule has 1 heterocycles. The van der Waals surface area contributed by atoms with E-state index in [0.29, 0.717) is 12.5 Å². The average molecular weight is 266 g/mol. The van der Waals surface area contributed by atoms with Crippen LogP contribution >= 0.6 is 0 Å². The van der Waals surface area contributed by atoms with E-state index in [4.69, 9.17) is 10.5 Å². The van der Waals surface area contributed by atoms with E-state index in [1.54, 1.807) is 13.2 Å². The Morgan fingerprint density at radius 1 is 1.47 bits per heavy atom. The van der Waals surface area contributed by atoms with Crippen molar-refractivity contribution in [1.82, 2.24) is 0 Å². The molecule has 0 saturated carbocycles. The Labute approximate surface area is 114 Å². The van der Waals surface area contributed by atoms with E-state index in [-0.39, 0.29) is 5.82 Å². The first-order valence-electron chi connectivity index (χ1n) is 6.97. The minimum Gasteiger partial charge on any atom is -0.384 e. The van der Waals surface area contributed by atoms with Crippen molar-refractivity contribution in [2.75, 3.05) is 38.3 Å². The van der Waals surface area contributed by atoms with Crippen LogP contribution in [0.25, 0.3) is 0 Å². The first-order chi connectivity index (χ1) is 9.24. The molecule has 1 unspecified atom stereocenters. The Balaban J connectivity index is 2.15. The molecule has 1 aromatic carbocycles. The summed E-state index contributed by atoms with van der Waals surface area (Å²) in [5.74, 6) is 0.382. The number of rotatable bonds is 5. The van der Waals surface area contributed by atoms with Gasteiger partial charge in [0.15, 0.2) is 0 Å². The maximum Gasteiger partial charge on any atom is 0.123 e. The van der Waals surface area contributed by atoms with E-state index in [1.807, 2.05) is 6.07 Å². The Morgan fingerprint density at radius 2 is 2.32 bits per heavy atom. The number of nitrogens with zero attached hydrogens (tertiary/aromatic N) is 1. The normalized spacial score (nSPS) is 19.7. The van der Waals surface area contributed by atoms with Crippen molar-refractivity contribution >= 4 is 5.69 Å². The van der Waals surface area contributed by atoms with Crippen molar-refractivity contribution in [2.24, 2.45) is 11.7 Å². The number of benzene rings is 1. The summed E-state index contributed by atoms with van der Waals surface area (Å²) in [6.45, 7) is 3.36. The van der Waals surface area contributed by atoms with Crippen molar-refractivity contribution in [1.29, 1.82) is 0 Å². The molecule has 106 valence electrons. The lowest BCUT2D eigenvalue weighted by Gasteiger charge is -2.35. The summed E-state index contributed by atoms with van der Waals surface area (Å²) in [7, 11) is 1.75. The van der Waals surface area contributed by atoms with Crippen LogP contribution in [-0.2, 0) is 11.2 Å². The molecule has 4 heteroatoms. The quantitative estimate of drug-likeness (QED) is 0.888. The Morgan fingerprint density at radius 3 is 3.05 bits per heavy atom. The van der Waals surface area contributed by atoms with E-state index in [2.05, 4.69) is 4.90 Å². The number of methoxy groups -OCH3 is 1. The molecule has 1 aliphatic heterocycles. The molecule has 2 N–H and O–H groups in total. The molecule has 0 bridgehead atoms.